The van der Waals surface area contributed by atoms with Crippen molar-refractivity contribution in [1.82, 2.24) is 0 Å². The summed E-state index contributed by atoms with van der Waals surface area (Å²) in [5, 5.41) is 0. The fraction of sp³-hybridized carbons (Fsp3) is 0.318. The summed E-state index contributed by atoms with van der Waals surface area (Å²) >= 11 is 0. The smallest absolute Gasteiger partial charge is 0.172 e. The van der Waals surface area contributed by atoms with Crippen LogP contribution in [0.4, 0.5) is 0 Å². The molecule has 0 heterocycles. The molecule has 0 aliphatic heterocycles. The van der Waals surface area contributed by atoms with Crippen LogP contribution in [0.25, 0.3) is 0 Å². The highest BCUT2D eigenvalue weighted by Gasteiger charge is 2.19. The lowest BCUT2D eigenvalue weighted by atomic mass is 10.0. The van der Waals surface area contributed by atoms with Crippen molar-refractivity contribution in [1.29, 1.82) is 0 Å². The number of Topliss-reactive ketones (excluding diaryl/α,β-unsaturated/α-hetero) is 2. The van der Waals surface area contributed by atoms with E-state index in [1.807, 2.05) is 61.0 Å². The quantitative estimate of drug-likeness (QED) is 0.491. The third-order valence-corrected chi connectivity index (χ3v) is 5.38. The average molecular weight is 355 g/mol. The van der Waals surface area contributed by atoms with Crippen molar-refractivity contribution < 1.29 is 9.59 Å². The van der Waals surface area contributed by atoms with Crippen molar-refractivity contribution in [2.45, 2.75) is 32.1 Å². The molecule has 0 atom stereocenters. The van der Waals surface area contributed by atoms with E-state index in [0.29, 0.717) is 24.1 Å². The van der Waals surface area contributed by atoms with E-state index in [4.69, 9.17) is 0 Å². The molecule has 0 N–H and O–H groups in total. The van der Waals surface area contributed by atoms with Crippen LogP contribution in [0.2, 0.25) is 0 Å². The summed E-state index contributed by atoms with van der Waals surface area (Å²) in [6.45, 7) is 0. The second-order valence-corrected chi connectivity index (χ2v) is 8.36. The Bertz CT molecular complexity index is 729. The maximum absolute atomic E-state index is 12.6. The summed E-state index contributed by atoms with van der Waals surface area (Å²) in [5.74, 6) is 0.0456. The van der Waals surface area contributed by atoms with Crippen LogP contribution in [-0.4, -0.2) is 28.9 Å². The topological polar surface area (TPSA) is 34.1 Å². The average Bonchev–Trinajstić information content (AvgIpc) is 2.61. The second kappa shape index (κ2) is 10.1. The minimum atomic E-state index is -0.302. The van der Waals surface area contributed by atoms with E-state index >= 15 is 0 Å². The van der Waals surface area contributed by atoms with Crippen LogP contribution in [0.15, 0.2) is 60.7 Å². The molecule has 2 aromatic rings. The maximum Gasteiger partial charge on any atom is 0.172 e. The van der Waals surface area contributed by atoms with Gasteiger partial charge in [0.15, 0.2) is 11.6 Å². The molecule has 0 fully saturated rings. The molecule has 2 nitrogen and oxygen atoms in total. The molecule has 2 rings (SSSR count). The Labute approximate surface area is 153 Å². The van der Waals surface area contributed by atoms with Gasteiger partial charge >= 0.3 is 0 Å². The molecule has 25 heavy (non-hydrogen) atoms. The van der Waals surface area contributed by atoms with Gasteiger partial charge in [-0.15, -0.1) is 0 Å². The number of hydrogen-bond donors (Lipinski definition) is 0. The number of hydrogen-bond acceptors (Lipinski definition) is 2. The minimum Gasteiger partial charge on any atom is -0.294 e. The van der Waals surface area contributed by atoms with Crippen LogP contribution in [0.5, 0.6) is 0 Å². The van der Waals surface area contributed by atoms with Gasteiger partial charge in [-0.05, 0) is 42.9 Å². The Morgan fingerprint density at radius 3 is 1.72 bits per heavy atom. The maximum atomic E-state index is 12.6. The Balaban J connectivity index is 1.89. The Hall–Kier alpha value is -2.00. The highest BCUT2D eigenvalue weighted by atomic mass is 32.2. The predicted octanol–water partition coefficient (Wildman–Crippen LogP) is 4.48. The normalized spacial score (nSPS) is 10.7. The van der Waals surface area contributed by atoms with Gasteiger partial charge in [0, 0.05) is 12.8 Å². The van der Waals surface area contributed by atoms with E-state index in [0.717, 1.165) is 18.4 Å². The first-order valence-corrected chi connectivity index (χ1v) is 10.7. The lowest BCUT2D eigenvalue weighted by Gasteiger charge is -2.09. The molecule has 0 aliphatic rings. The zero-order chi connectivity index (χ0) is 18.1. The SMILES string of the molecule is CS(C)=C(C(=O)CCCc1ccccc1)C(=O)CCc1ccccc1. The molecule has 0 aromatic heterocycles. The zero-order valence-corrected chi connectivity index (χ0v) is 15.9. The fourth-order valence-electron chi connectivity index (χ4n) is 2.84. The summed E-state index contributed by atoms with van der Waals surface area (Å²) in [7, 11) is -0.302. The summed E-state index contributed by atoms with van der Waals surface area (Å²) in [4.78, 5) is 25.7. The Morgan fingerprint density at radius 2 is 1.20 bits per heavy atom. The monoisotopic (exact) mass is 354 g/mol. The van der Waals surface area contributed by atoms with Crippen molar-refractivity contribution in [3.63, 3.8) is 0 Å². The van der Waals surface area contributed by atoms with Crippen LogP contribution in [0.3, 0.4) is 0 Å². The zero-order valence-electron chi connectivity index (χ0n) is 15.0. The number of ketones is 2. The Morgan fingerprint density at radius 1 is 0.720 bits per heavy atom. The highest BCUT2D eigenvalue weighted by molar-refractivity contribution is 8.16. The van der Waals surface area contributed by atoms with Crippen molar-refractivity contribution >= 4 is 26.9 Å². The summed E-state index contributed by atoms with van der Waals surface area (Å²) in [5.41, 5.74) is 2.37. The van der Waals surface area contributed by atoms with Crippen LogP contribution in [0.1, 0.15) is 30.4 Å². The first-order valence-electron chi connectivity index (χ1n) is 8.66. The molecule has 132 valence electrons. The van der Waals surface area contributed by atoms with Crippen molar-refractivity contribution in [2.24, 2.45) is 0 Å². The summed E-state index contributed by atoms with van der Waals surface area (Å²) < 4.78 is 0. The van der Waals surface area contributed by atoms with E-state index in [2.05, 4.69) is 12.1 Å². The van der Waals surface area contributed by atoms with Gasteiger partial charge in [-0.3, -0.25) is 9.59 Å². The lowest BCUT2D eigenvalue weighted by molar-refractivity contribution is -0.116. The van der Waals surface area contributed by atoms with Gasteiger partial charge in [0.05, 0.1) is 4.86 Å². The van der Waals surface area contributed by atoms with Gasteiger partial charge in [-0.2, -0.15) is 10.5 Å². The largest absolute Gasteiger partial charge is 0.294 e. The molecule has 2 aromatic carbocycles. The van der Waals surface area contributed by atoms with Gasteiger partial charge in [0.25, 0.3) is 0 Å². The highest BCUT2D eigenvalue weighted by Crippen LogP contribution is 2.13. The molecule has 0 amide bonds. The van der Waals surface area contributed by atoms with Gasteiger partial charge in [-0.1, -0.05) is 60.7 Å². The molecule has 0 unspecified atom stereocenters. The number of aryl methyl sites for hydroxylation is 2. The number of benzene rings is 2. The molecule has 3 heteroatoms. The van der Waals surface area contributed by atoms with Gasteiger partial charge in [0.2, 0.25) is 0 Å². The van der Waals surface area contributed by atoms with E-state index in [1.165, 1.54) is 5.56 Å². The van der Waals surface area contributed by atoms with Crippen LogP contribution >= 0.6 is 10.5 Å². The van der Waals surface area contributed by atoms with Crippen LogP contribution in [0, 0.1) is 0 Å². The first-order chi connectivity index (χ1) is 12.1. The third-order valence-electron chi connectivity index (χ3n) is 4.11. The standard InChI is InChI=1S/C22H26O2S/c1-25(2)22(21(24)17-16-19-12-7-4-8-13-19)20(23)15-9-14-18-10-5-3-6-11-18/h3-8,10-13H,9,14-17H2,1-2H3. The van der Waals surface area contributed by atoms with Crippen molar-refractivity contribution in [3.05, 3.63) is 71.8 Å². The number of rotatable bonds is 9. The van der Waals surface area contributed by atoms with E-state index in [9.17, 15) is 9.59 Å². The molecular weight excluding hydrogens is 328 g/mol. The molecule has 0 saturated carbocycles. The van der Waals surface area contributed by atoms with Crippen molar-refractivity contribution in [3.8, 4) is 0 Å². The van der Waals surface area contributed by atoms with Gasteiger partial charge < -0.3 is 0 Å². The summed E-state index contributed by atoms with van der Waals surface area (Å²) in [6, 6.07) is 20.1. The van der Waals surface area contributed by atoms with Crippen molar-refractivity contribution in [2.75, 3.05) is 12.5 Å². The number of carbonyl (C=O) groups is 2. The third kappa shape index (κ3) is 6.43. The predicted molar refractivity (Wildman–Crippen MR) is 109 cm³/mol. The Kier molecular flexibility index (Phi) is 7.80. The van der Waals surface area contributed by atoms with Gasteiger partial charge in [0.1, 0.15) is 0 Å². The number of carbonyl (C=O) groups excluding carboxylic acids is 2. The van der Waals surface area contributed by atoms with Crippen LogP contribution in [-0.2, 0) is 22.4 Å². The molecule has 0 spiro atoms. The molecule has 0 bridgehead atoms. The second-order valence-electron chi connectivity index (χ2n) is 6.32. The molecule has 0 aliphatic carbocycles. The molecular formula is C22H26O2S. The minimum absolute atomic E-state index is 0.0156. The van der Waals surface area contributed by atoms with Crippen LogP contribution < -0.4 is 0 Å². The van der Waals surface area contributed by atoms with E-state index in [-0.39, 0.29) is 22.1 Å². The molecule has 0 saturated heterocycles. The van der Waals surface area contributed by atoms with E-state index < -0.39 is 0 Å². The lowest BCUT2D eigenvalue weighted by Crippen LogP contribution is -2.24. The fourth-order valence-corrected chi connectivity index (χ4v) is 3.95. The van der Waals surface area contributed by atoms with Gasteiger partial charge in [-0.25, -0.2) is 0 Å². The first kappa shape index (κ1) is 19.3. The van der Waals surface area contributed by atoms with E-state index in [1.54, 1.807) is 0 Å². The summed E-state index contributed by atoms with van der Waals surface area (Å²) in [6.07, 6.45) is 7.14. The molecule has 0 radical (unpaired) electrons.